The number of nitrogens with one attached hydrogen (secondary N) is 1. The minimum absolute atomic E-state index is 0.272. The second-order valence-corrected chi connectivity index (χ2v) is 4.83. The number of anilines is 1. The third kappa shape index (κ3) is 4.57. The standard InChI is InChI=1S/C18H19NO4/c1-3-22-18(21)15-11-7-8-12-16(15)19-17(20)13(2)23-14-9-5-4-6-10-14/h4-13H,3H2,1-2H3,(H,19,20)/t13-/m0/s1. The van der Waals surface area contributed by atoms with Gasteiger partial charge in [-0.05, 0) is 38.1 Å². The van der Waals surface area contributed by atoms with Gasteiger partial charge in [0.1, 0.15) is 5.75 Å². The average Bonchev–Trinajstić information content (AvgIpc) is 2.56. The van der Waals surface area contributed by atoms with Gasteiger partial charge in [0.05, 0.1) is 17.9 Å². The fraction of sp³-hybridized carbons (Fsp3) is 0.222. The van der Waals surface area contributed by atoms with Crippen LogP contribution in [0.3, 0.4) is 0 Å². The maximum Gasteiger partial charge on any atom is 0.340 e. The summed E-state index contributed by atoms with van der Waals surface area (Å²) in [6, 6.07) is 15.8. The summed E-state index contributed by atoms with van der Waals surface area (Å²) in [6.07, 6.45) is -0.701. The molecule has 1 atom stereocenters. The quantitative estimate of drug-likeness (QED) is 0.831. The van der Waals surface area contributed by atoms with Crippen molar-refractivity contribution in [3.8, 4) is 5.75 Å². The molecule has 1 N–H and O–H groups in total. The van der Waals surface area contributed by atoms with Gasteiger partial charge in [-0.3, -0.25) is 4.79 Å². The summed E-state index contributed by atoms with van der Waals surface area (Å²) in [5.74, 6) is -0.209. The first-order valence-corrected chi connectivity index (χ1v) is 7.40. The fourth-order valence-electron chi connectivity index (χ4n) is 1.97. The first-order valence-electron chi connectivity index (χ1n) is 7.40. The Bertz CT molecular complexity index is 670. The summed E-state index contributed by atoms with van der Waals surface area (Å²) in [5, 5.41) is 2.71. The average molecular weight is 313 g/mol. The Morgan fingerprint density at radius 1 is 1.04 bits per heavy atom. The number of benzene rings is 2. The molecule has 5 heteroatoms. The van der Waals surface area contributed by atoms with E-state index in [4.69, 9.17) is 9.47 Å². The van der Waals surface area contributed by atoms with Crippen molar-refractivity contribution in [2.24, 2.45) is 0 Å². The van der Waals surface area contributed by atoms with E-state index >= 15 is 0 Å². The van der Waals surface area contributed by atoms with Gasteiger partial charge in [-0.25, -0.2) is 4.79 Å². The Morgan fingerprint density at radius 3 is 2.39 bits per heavy atom. The van der Waals surface area contributed by atoms with E-state index in [1.54, 1.807) is 50.2 Å². The lowest BCUT2D eigenvalue weighted by atomic mass is 10.1. The van der Waals surface area contributed by atoms with Crippen LogP contribution in [-0.4, -0.2) is 24.6 Å². The summed E-state index contributed by atoms with van der Waals surface area (Å²) >= 11 is 0. The van der Waals surface area contributed by atoms with Gasteiger partial charge < -0.3 is 14.8 Å². The van der Waals surface area contributed by atoms with Crippen LogP contribution >= 0.6 is 0 Å². The highest BCUT2D eigenvalue weighted by atomic mass is 16.5. The molecular weight excluding hydrogens is 294 g/mol. The summed E-state index contributed by atoms with van der Waals surface area (Å²) in [7, 11) is 0. The highest BCUT2D eigenvalue weighted by Gasteiger charge is 2.18. The largest absolute Gasteiger partial charge is 0.481 e. The summed E-state index contributed by atoms with van der Waals surface area (Å²) in [5.41, 5.74) is 0.717. The molecule has 0 fully saturated rings. The van der Waals surface area contributed by atoms with E-state index in [0.717, 1.165) is 0 Å². The van der Waals surface area contributed by atoms with Crippen LogP contribution in [0, 0.1) is 0 Å². The zero-order valence-electron chi connectivity index (χ0n) is 13.1. The van der Waals surface area contributed by atoms with Crippen LogP contribution in [-0.2, 0) is 9.53 Å². The molecule has 120 valence electrons. The van der Waals surface area contributed by atoms with Crippen LogP contribution in [0.5, 0.6) is 5.75 Å². The third-order valence-electron chi connectivity index (χ3n) is 3.11. The van der Waals surface area contributed by atoms with Gasteiger partial charge >= 0.3 is 5.97 Å². The maximum absolute atomic E-state index is 12.3. The number of rotatable bonds is 6. The number of carbonyl (C=O) groups is 2. The molecule has 0 aliphatic heterocycles. The van der Waals surface area contributed by atoms with Gasteiger partial charge in [0, 0.05) is 0 Å². The normalized spacial score (nSPS) is 11.4. The Hall–Kier alpha value is -2.82. The Morgan fingerprint density at radius 2 is 1.70 bits per heavy atom. The number of para-hydroxylation sites is 2. The van der Waals surface area contributed by atoms with E-state index in [1.807, 2.05) is 18.2 Å². The molecule has 0 aliphatic carbocycles. The lowest BCUT2D eigenvalue weighted by molar-refractivity contribution is -0.122. The van der Waals surface area contributed by atoms with E-state index in [-0.39, 0.29) is 12.5 Å². The second-order valence-electron chi connectivity index (χ2n) is 4.83. The number of esters is 1. The van der Waals surface area contributed by atoms with Gasteiger partial charge in [0.15, 0.2) is 6.10 Å². The van der Waals surface area contributed by atoms with Crippen LogP contribution in [0.25, 0.3) is 0 Å². The van der Waals surface area contributed by atoms with Crippen molar-refractivity contribution < 1.29 is 19.1 Å². The van der Waals surface area contributed by atoms with Gasteiger partial charge in [-0.2, -0.15) is 0 Å². The predicted molar refractivity (Wildman–Crippen MR) is 87.6 cm³/mol. The molecule has 0 heterocycles. The van der Waals surface area contributed by atoms with Gasteiger partial charge in [0.2, 0.25) is 0 Å². The fourth-order valence-corrected chi connectivity index (χ4v) is 1.97. The van der Waals surface area contributed by atoms with Crippen molar-refractivity contribution in [2.75, 3.05) is 11.9 Å². The Labute approximate surface area is 135 Å². The molecule has 1 amide bonds. The molecule has 2 aromatic rings. The summed E-state index contributed by atoms with van der Waals surface area (Å²) < 4.78 is 10.6. The molecule has 2 aromatic carbocycles. The highest BCUT2D eigenvalue weighted by Crippen LogP contribution is 2.17. The molecular formula is C18H19NO4. The molecule has 23 heavy (non-hydrogen) atoms. The maximum atomic E-state index is 12.3. The van der Waals surface area contributed by atoms with E-state index < -0.39 is 12.1 Å². The molecule has 0 saturated carbocycles. The zero-order valence-corrected chi connectivity index (χ0v) is 13.1. The summed E-state index contributed by atoms with van der Waals surface area (Å²) in [6.45, 7) is 3.65. The minimum atomic E-state index is -0.701. The van der Waals surface area contributed by atoms with Crippen LogP contribution in [0.1, 0.15) is 24.2 Å². The van der Waals surface area contributed by atoms with E-state index in [2.05, 4.69) is 5.32 Å². The topological polar surface area (TPSA) is 64.6 Å². The number of hydrogen-bond acceptors (Lipinski definition) is 4. The second kappa shape index (κ2) is 7.98. The molecule has 0 spiro atoms. The number of ether oxygens (including phenoxy) is 2. The third-order valence-corrected chi connectivity index (χ3v) is 3.11. The Balaban J connectivity index is 2.06. The molecule has 0 bridgehead atoms. The highest BCUT2D eigenvalue weighted by molar-refractivity contribution is 6.02. The molecule has 0 aromatic heterocycles. The number of hydrogen-bond donors (Lipinski definition) is 1. The predicted octanol–water partition coefficient (Wildman–Crippen LogP) is 3.27. The first kappa shape index (κ1) is 16.5. The molecule has 2 rings (SSSR count). The lowest BCUT2D eigenvalue weighted by Crippen LogP contribution is -2.30. The van der Waals surface area contributed by atoms with Crippen LogP contribution in [0.15, 0.2) is 54.6 Å². The van der Waals surface area contributed by atoms with Gasteiger partial charge in [-0.1, -0.05) is 30.3 Å². The SMILES string of the molecule is CCOC(=O)c1ccccc1NC(=O)[C@H](C)Oc1ccccc1. The minimum Gasteiger partial charge on any atom is -0.481 e. The molecule has 5 nitrogen and oxygen atoms in total. The first-order chi connectivity index (χ1) is 11.1. The van der Waals surface area contributed by atoms with Crippen LogP contribution in [0.4, 0.5) is 5.69 Å². The Kier molecular flexibility index (Phi) is 5.74. The molecule has 0 radical (unpaired) electrons. The molecule has 0 aliphatic rings. The molecule has 0 saturated heterocycles. The van der Waals surface area contributed by atoms with Crippen molar-refractivity contribution in [3.63, 3.8) is 0 Å². The van der Waals surface area contributed by atoms with Crippen LogP contribution in [0.2, 0.25) is 0 Å². The number of carbonyl (C=O) groups excluding carboxylic acids is 2. The van der Waals surface area contributed by atoms with E-state index in [9.17, 15) is 9.59 Å². The van der Waals surface area contributed by atoms with E-state index in [1.165, 1.54) is 0 Å². The zero-order chi connectivity index (χ0) is 16.7. The van der Waals surface area contributed by atoms with Crippen molar-refractivity contribution in [1.29, 1.82) is 0 Å². The smallest absolute Gasteiger partial charge is 0.340 e. The monoisotopic (exact) mass is 313 g/mol. The molecule has 0 unspecified atom stereocenters. The van der Waals surface area contributed by atoms with Crippen molar-refractivity contribution >= 4 is 17.6 Å². The van der Waals surface area contributed by atoms with Crippen molar-refractivity contribution in [1.82, 2.24) is 0 Å². The van der Waals surface area contributed by atoms with E-state index in [0.29, 0.717) is 17.0 Å². The lowest BCUT2D eigenvalue weighted by Gasteiger charge is -2.16. The van der Waals surface area contributed by atoms with Crippen molar-refractivity contribution in [3.05, 3.63) is 60.2 Å². The van der Waals surface area contributed by atoms with Crippen LogP contribution < -0.4 is 10.1 Å². The van der Waals surface area contributed by atoms with Gasteiger partial charge in [-0.15, -0.1) is 0 Å². The van der Waals surface area contributed by atoms with Gasteiger partial charge in [0.25, 0.3) is 5.91 Å². The number of amides is 1. The van der Waals surface area contributed by atoms with Crippen molar-refractivity contribution in [2.45, 2.75) is 20.0 Å². The summed E-state index contributed by atoms with van der Waals surface area (Å²) in [4.78, 5) is 24.2.